The predicted molar refractivity (Wildman–Crippen MR) is 85.6 cm³/mol. The van der Waals surface area contributed by atoms with E-state index in [0.717, 1.165) is 34.3 Å². The Kier molecular flexibility index (Phi) is 2.94. The number of rotatable bonds is 1. The van der Waals surface area contributed by atoms with Crippen molar-refractivity contribution in [2.45, 2.75) is 18.9 Å². The zero-order valence-electron chi connectivity index (χ0n) is 12.0. The number of nitrogens with two attached hydrogens (primary N) is 1. The average Bonchev–Trinajstić information content (AvgIpc) is 2.96. The number of nitrogens with one attached hydrogen (secondary N) is 1. The highest BCUT2D eigenvalue weighted by Crippen LogP contribution is 2.30. The number of nitrogens with zero attached hydrogens (tertiary/aromatic N) is 2. The number of aryl methyl sites for hydroxylation is 1. The summed E-state index contributed by atoms with van der Waals surface area (Å²) in [6.07, 6.45) is 5.19. The van der Waals surface area contributed by atoms with Crippen LogP contribution in [0.3, 0.4) is 0 Å². The fourth-order valence-corrected chi connectivity index (χ4v) is 2.95. The fourth-order valence-electron chi connectivity index (χ4n) is 2.95. The van der Waals surface area contributed by atoms with Crippen molar-refractivity contribution < 1.29 is 4.79 Å². The van der Waals surface area contributed by atoms with Crippen molar-refractivity contribution in [3.05, 3.63) is 54.4 Å². The van der Waals surface area contributed by atoms with E-state index in [9.17, 15) is 4.79 Å². The van der Waals surface area contributed by atoms with Crippen LogP contribution in [0.1, 0.15) is 12.0 Å². The van der Waals surface area contributed by atoms with Crippen LogP contribution in [-0.2, 0) is 11.2 Å². The summed E-state index contributed by atoms with van der Waals surface area (Å²) in [5.74, 6) is -0.107. The highest BCUT2D eigenvalue weighted by molar-refractivity contribution is 5.96. The number of pyridine rings is 1. The molecule has 0 spiro atoms. The van der Waals surface area contributed by atoms with E-state index in [2.05, 4.69) is 22.5 Å². The Hall–Kier alpha value is -2.66. The lowest BCUT2D eigenvalue weighted by atomic mass is 9.99. The minimum atomic E-state index is -0.436. The molecule has 0 bridgehead atoms. The first kappa shape index (κ1) is 13.0. The molecule has 5 heteroatoms. The predicted octanol–water partition coefficient (Wildman–Crippen LogP) is 2.21. The normalized spacial score (nSPS) is 17.9. The van der Waals surface area contributed by atoms with Gasteiger partial charge in [-0.2, -0.15) is 5.10 Å². The van der Waals surface area contributed by atoms with Gasteiger partial charge in [-0.05, 0) is 48.2 Å². The van der Waals surface area contributed by atoms with Gasteiger partial charge in [0.15, 0.2) is 0 Å². The molecule has 0 aliphatic carbocycles. The van der Waals surface area contributed by atoms with E-state index >= 15 is 0 Å². The van der Waals surface area contributed by atoms with E-state index in [4.69, 9.17) is 5.73 Å². The number of benzene rings is 1. The van der Waals surface area contributed by atoms with E-state index in [1.165, 1.54) is 0 Å². The zero-order chi connectivity index (χ0) is 15.1. The van der Waals surface area contributed by atoms with Gasteiger partial charge in [0.25, 0.3) is 0 Å². The summed E-state index contributed by atoms with van der Waals surface area (Å²) in [4.78, 5) is 11.8. The molecule has 110 valence electrons. The lowest BCUT2D eigenvalue weighted by Gasteiger charge is -2.10. The summed E-state index contributed by atoms with van der Waals surface area (Å²) in [6, 6.07) is 11.8. The molecule has 1 unspecified atom stereocenters. The molecular formula is C17H16N4O. The molecule has 5 nitrogen and oxygen atoms in total. The highest BCUT2D eigenvalue weighted by atomic mass is 16.2. The maximum absolute atomic E-state index is 11.8. The summed E-state index contributed by atoms with van der Waals surface area (Å²) in [6.45, 7) is 0. The summed E-state index contributed by atoms with van der Waals surface area (Å²) < 4.78 is 1.86. The minimum absolute atomic E-state index is 0.107. The maximum atomic E-state index is 11.8. The third kappa shape index (κ3) is 2.07. The van der Waals surface area contributed by atoms with Crippen LogP contribution in [0.15, 0.2) is 48.8 Å². The Bertz CT molecular complexity index is 868. The average molecular weight is 292 g/mol. The van der Waals surface area contributed by atoms with E-state index in [0.29, 0.717) is 6.42 Å². The molecule has 0 saturated heterocycles. The number of anilines is 1. The van der Waals surface area contributed by atoms with Crippen LogP contribution < -0.4 is 11.1 Å². The van der Waals surface area contributed by atoms with Crippen molar-refractivity contribution in [3.63, 3.8) is 0 Å². The van der Waals surface area contributed by atoms with Crippen molar-refractivity contribution in [3.8, 4) is 11.1 Å². The number of hydrogen-bond donors (Lipinski definition) is 2. The van der Waals surface area contributed by atoms with Gasteiger partial charge in [-0.1, -0.05) is 12.1 Å². The Morgan fingerprint density at radius 1 is 1.27 bits per heavy atom. The molecule has 3 aromatic rings. The van der Waals surface area contributed by atoms with E-state index in [-0.39, 0.29) is 5.91 Å². The van der Waals surface area contributed by atoms with Crippen LogP contribution in [0.5, 0.6) is 0 Å². The standard InChI is InChI=1S/C17H16N4O/c18-14-5-3-12-10-11(4-6-15(12)20-17(14)22)13-2-1-9-21-16(13)7-8-19-21/h1-2,4,6-10,14H,3,5,18H2,(H,20,22). The molecule has 1 aliphatic rings. The zero-order valence-corrected chi connectivity index (χ0v) is 12.0. The number of carbonyl (C=O) groups is 1. The van der Waals surface area contributed by atoms with Gasteiger partial charge in [-0.3, -0.25) is 4.79 Å². The second-order valence-electron chi connectivity index (χ2n) is 5.59. The Morgan fingerprint density at radius 2 is 2.18 bits per heavy atom. The summed E-state index contributed by atoms with van der Waals surface area (Å²) >= 11 is 0. The Balaban J connectivity index is 1.82. The van der Waals surface area contributed by atoms with Crippen molar-refractivity contribution in [1.29, 1.82) is 0 Å². The maximum Gasteiger partial charge on any atom is 0.241 e. The molecule has 0 saturated carbocycles. The van der Waals surface area contributed by atoms with Gasteiger partial charge in [-0.25, -0.2) is 4.52 Å². The summed E-state index contributed by atoms with van der Waals surface area (Å²) in [5.41, 5.74) is 11.1. The van der Waals surface area contributed by atoms with Crippen LogP contribution in [0.25, 0.3) is 16.6 Å². The SMILES string of the molecule is NC1CCc2cc(-c3cccn4nccc34)ccc2NC1=O. The van der Waals surface area contributed by atoms with Crippen molar-refractivity contribution >= 4 is 17.1 Å². The first-order valence-electron chi connectivity index (χ1n) is 7.34. The summed E-state index contributed by atoms with van der Waals surface area (Å²) in [5, 5.41) is 7.17. The van der Waals surface area contributed by atoms with Crippen LogP contribution in [-0.4, -0.2) is 21.6 Å². The van der Waals surface area contributed by atoms with Gasteiger partial charge < -0.3 is 11.1 Å². The minimum Gasteiger partial charge on any atom is -0.324 e. The van der Waals surface area contributed by atoms with Crippen molar-refractivity contribution in [1.82, 2.24) is 9.61 Å². The van der Waals surface area contributed by atoms with Crippen LogP contribution >= 0.6 is 0 Å². The smallest absolute Gasteiger partial charge is 0.241 e. The molecule has 1 amide bonds. The van der Waals surface area contributed by atoms with Crippen LogP contribution in [0.2, 0.25) is 0 Å². The molecule has 3 N–H and O–H groups in total. The van der Waals surface area contributed by atoms with E-state index < -0.39 is 6.04 Å². The Morgan fingerprint density at radius 3 is 3.09 bits per heavy atom. The molecule has 2 aromatic heterocycles. The van der Waals surface area contributed by atoms with E-state index in [1.807, 2.05) is 35.0 Å². The van der Waals surface area contributed by atoms with Gasteiger partial charge >= 0.3 is 0 Å². The van der Waals surface area contributed by atoms with Gasteiger partial charge in [0.1, 0.15) is 0 Å². The largest absolute Gasteiger partial charge is 0.324 e. The second kappa shape index (κ2) is 4.96. The highest BCUT2D eigenvalue weighted by Gasteiger charge is 2.20. The molecular weight excluding hydrogens is 276 g/mol. The molecule has 1 atom stereocenters. The molecule has 1 aliphatic heterocycles. The quantitative estimate of drug-likeness (QED) is 0.722. The monoisotopic (exact) mass is 292 g/mol. The Labute approximate surface area is 127 Å². The molecule has 0 fully saturated rings. The number of aromatic nitrogens is 2. The lowest BCUT2D eigenvalue weighted by molar-refractivity contribution is -0.117. The van der Waals surface area contributed by atoms with Crippen molar-refractivity contribution in [2.24, 2.45) is 5.73 Å². The van der Waals surface area contributed by atoms with Gasteiger partial charge in [0, 0.05) is 23.6 Å². The summed E-state index contributed by atoms with van der Waals surface area (Å²) in [7, 11) is 0. The van der Waals surface area contributed by atoms with Crippen molar-refractivity contribution in [2.75, 3.05) is 5.32 Å². The second-order valence-corrected chi connectivity index (χ2v) is 5.59. The first-order chi connectivity index (χ1) is 10.7. The molecule has 22 heavy (non-hydrogen) atoms. The number of hydrogen-bond acceptors (Lipinski definition) is 3. The molecule has 0 radical (unpaired) electrons. The first-order valence-corrected chi connectivity index (χ1v) is 7.34. The fraction of sp³-hybridized carbons (Fsp3) is 0.176. The topological polar surface area (TPSA) is 72.4 Å². The van der Waals surface area contributed by atoms with Gasteiger partial charge in [0.05, 0.1) is 11.6 Å². The van der Waals surface area contributed by atoms with Gasteiger partial charge in [-0.15, -0.1) is 0 Å². The van der Waals surface area contributed by atoms with Crippen LogP contribution in [0.4, 0.5) is 5.69 Å². The molecule has 3 heterocycles. The molecule has 4 rings (SSSR count). The number of fused-ring (bicyclic) bond motifs is 2. The third-order valence-corrected chi connectivity index (χ3v) is 4.17. The lowest BCUT2D eigenvalue weighted by Crippen LogP contribution is -2.34. The third-order valence-electron chi connectivity index (χ3n) is 4.17. The number of carbonyl (C=O) groups excluding carboxylic acids is 1. The van der Waals surface area contributed by atoms with Crippen LogP contribution in [0, 0.1) is 0 Å². The molecule has 1 aromatic carbocycles. The van der Waals surface area contributed by atoms with Gasteiger partial charge in [0.2, 0.25) is 5.91 Å². The number of amides is 1. The van der Waals surface area contributed by atoms with E-state index in [1.54, 1.807) is 6.20 Å².